The fraction of sp³-hybridized carbons (Fsp3) is 0.292. The van der Waals surface area contributed by atoms with Gasteiger partial charge in [0.2, 0.25) is 0 Å². The van der Waals surface area contributed by atoms with E-state index in [4.69, 9.17) is 12.2 Å². The van der Waals surface area contributed by atoms with Crippen LogP contribution >= 0.6 is 12.2 Å². The summed E-state index contributed by atoms with van der Waals surface area (Å²) in [6.07, 6.45) is 6.35. The molecule has 0 aliphatic heterocycles. The van der Waals surface area contributed by atoms with Gasteiger partial charge in [-0.2, -0.15) is 0 Å². The lowest BCUT2D eigenvalue weighted by molar-refractivity contribution is 0.0940. The van der Waals surface area contributed by atoms with Crippen molar-refractivity contribution in [3.05, 3.63) is 86.4 Å². The summed E-state index contributed by atoms with van der Waals surface area (Å²) in [5, 5.41) is 3.56. The smallest absolute Gasteiger partial charge is 0.262 e. The van der Waals surface area contributed by atoms with Gasteiger partial charge >= 0.3 is 0 Å². The summed E-state index contributed by atoms with van der Waals surface area (Å²) in [6.45, 7) is 5.99. The SMILES string of the molecule is C=CCn1c(=S)[nH]c2cc(C(=O)NC(C)c3ccc4c(c3)CCCC4)ccc2c1=O. The Morgan fingerprint density at radius 1 is 1.23 bits per heavy atom. The van der Waals surface area contributed by atoms with E-state index in [2.05, 4.69) is 35.1 Å². The Kier molecular flexibility index (Phi) is 5.68. The predicted molar refractivity (Wildman–Crippen MR) is 123 cm³/mol. The van der Waals surface area contributed by atoms with Crippen LogP contribution in [-0.2, 0) is 19.4 Å². The van der Waals surface area contributed by atoms with Crippen LogP contribution in [0.5, 0.6) is 0 Å². The highest BCUT2D eigenvalue weighted by Crippen LogP contribution is 2.25. The van der Waals surface area contributed by atoms with Gasteiger partial charge < -0.3 is 10.3 Å². The molecule has 1 heterocycles. The summed E-state index contributed by atoms with van der Waals surface area (Å²) < 4.78 is 1.76. The van der Waals surface area contributed by atoms with Crippen LogP contribution < -0.4 is 10.9 Å². The minimum Gasteiger partial charge on any atom is -0.346 e. The molecule has 6 heteroatoms. The molecule has 0 saturated heterocycles. The lowest BCUT2D eigenvalue weighted by Gasteiger charge is -2.20. The van der Waals surface area contributed by atoms with Crippen LogP contribution in [0.2, 0.25) is 0 Å². The number of allylic oxidation sites excluding steroid dienone is 1. The molecule has 154 valence electrons. The van der Waals surface area contributed by atoms with Gasteiger partial charge in [-0.15, -0.1) is 6.58 Å². The fourth-order valence-electron chi connectivity index (χ4n) is 4.08. The zero-order chi connectivity index (χ0) is 21.3. The van der Waals surface area contributed by atoms with Gasteiger partial charge in [-0.3, -0.25) is 14.2 Å². The molecule has 1 aliphatic carbocycles. The number of rotatable bonds is 5. The van der Waals surface area contributed by atoms with Gasteiger partial charge in [-0.1, -0.05) is 24.3 Å². The van der Waals surface area contributed by atoms with E-state index in [1.54, 1.807) is 24.3 Å². The Hall–Kier alpha value is -2.99. The monoisotopic (exact) mass is 419 g/mol. The van der Waals surface area contributed by atoms with Crippen molar-refractivity contribution in [2.45, 2.75) is 45.2 Å². The maximum absolute atomic E-state index is 12.9. The topological polar surface area (TPSA) is 66.9 Å². The molecule has 5 nitrogen and oxygen atoms in total. The second-order valence-electron chi connectivity index (χ2n) is 7.83. The minimum atomic E-state index is -0.192. The molecule has 1 amide bonds. The number of hydrogen-bond acceptors (Lipinski definition) is 3. The molecule has 0 spiro atoms. The summed E-state index contributed by atoms with van der Waals surface area (Å²) in [6, 6.07) is 11.4. The highest BCUT2D eigenvalue weighted by atomic mass is 32.1. The van der Waals surface area contributed by atoms with Crippen molar-refractivity contribution >= 4 is 29.0 Å². The second-order valence-corrected chi connectivity index (χ2v) is 8.21. The van der Waals surface area contributed by atoms with Crippen LogP contribution in [0.15, 0.2) is 53.8 Å². The van der Waals surface area contributed by atoms with Crippen LogP contribution in [0.1, 0.15) is 52.9 Å². The second kappa shape index (κ2) is 8.40. The van der Waals surface area contributed by atoms with Crippen LogP contribution in [0.25, 0.3) is 10.9 Å². The highest BCUT2D eigenvalue weighted by Gasteiger charge is 2.16. The number of aryl methyl sites for hydroxylation is 2. The predicted octanol–water partition coefficient (Wildman–Crippen LogP) is 4.61. The molecule has 3 aromatic rings. The van der Waals surface area contributed by atoms with Gasteiger partial charge in [-0.25, -0.2) is 0 Å². The average Bonchev–Trinajstić information content (AvgIpc) is 2.75. The molecular weight excluding hydrogens is 394 g/mol. The van der Waals surface area contributed by atoms with Gasteiger partial charge in [0.25, 0.3) is 11.5 Å². The van der Waals surface area contributed by atoms with E-state index in [1.807, 2.05) is 6.92 Å². The maximum atomic E-state index is 12.9. The molecule has 1 aliphatic rings. The van der Waals surface area contributed by atoms with Crippen LogP contribution in [0, 0.1) is 4.77 Å². The number of aromatic nitrogens is 2. The van der Waals surface area contributed by atoms with E-state index in [9.17, 15) is 9.59 Å². The fourth-order valence-corrected chi connectivity index (χ4v) is 4.34. The van der Waals surface area contributed by atoms with Crippen molar-refractivity contribution in [1.82, 2.24) is 14.9 Å². The van der Waals surface area contributed by atoms with Crippen molar-refractivity contribution in [3.8, 4) is 0 Å². The number of benzene rings is 2. The molecule has 0 radical (unpaired) electrons. The van der Waals surface area contributed by atoms with Crippen molar-refractivity contribution in [3.63, 3.8) is 0 Å². The van der Waals surface area contributed by atoms with E-state index < -0.39 is 0 Å². The number of aromatic amines is 1. The van der Waals surface area contributed by atoms with Gasteiger partial charge in [0.05, 0.1) is 16.9 Å². The molecule has 0 bridgehead atoms. The first-order chi connectivity index (χ1) is 14.5. The number of hydrogen-bond donors (Lipinski definition) is 2. The highest BCUT2D eigenvalue weighted by molar-refractivity contribution is 7.71. The van der Waals surface area contributed by atoms with E-state index in [0.29, 0.717) is 27.8 Å². The Morgan fingerprint density at radius 3 is 2.77 bits per heavy atom. The third-order valence-electron chi connectivity index (χ3n) is 5.78. The summed E-state index contributed by atoms with van der Waals surface area (Å²) in [5.41, 5.74) is 4.78. The first-order valence-electron chi connectivity index (χ1n) is 10.3. The third kappa shape index (κ3) is 3.87. The third-order valence-corrected chi connectivity index (χ3v) is 6.10. The summed E-state index contributed by atoms with van der Waals surface area (Å²) >= 11 is 5.28. The van der Waals surface area contributed by atoms with Gasteiger partial charge in [0, 0.05) is 12.1 Å². The molecule has 2 aromatic carbocycles. The molecular formula is C24H25N3O2S. The standard InChI is InChI=1S/C24H25N3O2S/c1-3-12-27-23(29)20-11-10-19(14-21(20)26-24(27)30)22(28)25-15(2)17-9-8-16-6-4-5-7-18(16)13-17/h3,8-11,13-15H,1,4-7,12H2,2H3,(H,25,28)(H,26,30). The van der Waals surface area contributed by atoms with Gasteiger partial charge in [-0.05, 0) is 79.7 Å². The number of H-pyrrole nitrogens is 1. The summed E-state index contributed by atoms with van der Waals surface area (Å²) in [5.74, 6) is -0.184. The lowest BCUT2D eigenvalue weighted by Crippen LogP contribution is -2.27. The number of amides is 1. The van der Waals surface area contributed by atoms with Crippen molar-refractivity contribution in [2.24, 2.45) is 0 Å². The largest absolute Gasteiger partial charge is 0.346 e. The van der Waals surface area contributed by atoms with E-state index in [1.165, 1.54) is 28.5 Å². The Labute approximate surface area is 180 Å². The normalized spacial score (nSPS) is 14.2. The molecule has 4 rings (SSSR count). The summed E-state index contributed by atoms with van der Waals surface area (Å²) in [7, 11) is 0. The first kappa shape index (κ1) is 20.3. The molecule has 0 saturated carbocycles. The van der Waals surface area contributed by atoms with Crippen molar-refractivity contribution in [2.75, 3.05) is 0 Å². The number of nitrogens with one attached hydrogen (secondary N) is 2. The molecule has 1 atom stereocenters. The van der Waals surface area contributed by atoms with Gasteiger partial charge in [0.15, 0.2) is 4.77 Å². The molecule has 1 aromatic heterocycles. The van der Waals surface area contributed by atoms with Crippen LogP contribution in [-0.4, -0.2) is 15.5 Å². The average molecular weight is 420 g/mol. The van der Waals surface area contributed by atoms with E-state index >= 15 is 0 Å². The minimum absolute atomic E-state index is 0.112. The van der Waals surface area contributed by atoms with Crippen molar-refractivity contribution in [1.29, 1.82) is 0 Å². The quantitative estimate of drug-likeness (QED) is 0.469. The number of fused-ring (bicyclic) bond motifs is 2. The zero-order valence-electron chi connectivity index (χ0n) is 17.0. The Morgan fingerprint density at radius 2 is 2.00 bits per heavy atom. The number of carbonyl (C=O) groups is 1. The zero-order valence-corrected chi connectivity index (χ0v) is 17.8. The Balaban J connectivity index is 1.58. The first-order valence-corrected chi connectivity index (χ1v) is 10.7. The van der Waals surface area contributed by atoms with Crippen LogP contribution in [0.3, 0.4) is 0 Å². The Bertz CT molecular complexity index is 1260. The van der Waals surface area contributed by atoms with E-state index in [-0.39, 0.29) is 17.5 Å². The van der Waals surface area contributed by atoms with Crippen LogP contribution in [0.4, 0.5) is 0 Å². The molecule has 1 unspecified atom stereocenters. The molecule has 0 fully saturated rings. The molecule has 30 heavy (non-hydrogen) atoms. The van der Waals surface area contributed by atoms with E-state index in [0.717, 1.165) is 18.4 Å². The maximum Gasteiger partial charge on any atom is 0.262 e. The number of carbonyl (C=O) groups excluding carboxylic acids is 1. The van der Waals surface area contributed by atoms with Gasteiger partial charge in [0.1, 0.15) is 0 Å². The molecule has 2 N–H and O–H groups in total. The summed E-state index contributed by atoms with van der Waals surface area (Å²) in [4.78, 5) is 28.5. The van der Waals surface area contributed by atoms with Crippen molar-refractivity contribution < 1.29 is 4.79 Å². The lowest BCUT2D eigenvalue weighted by atomic mass is 9.89. The number of nitrogens with zero attached hydrogens (tertiary/aromatic N) is 1.